The lowest BCUT2D eigenvalue weighted by molar-refractivity contribution is 0.0690. The van der Waals surface area contributed by atoms with Crippen molar-refractivity contribution in [2.45, 2.75) is 30.0 Å². The van der Waals surface area contributed by atoms with E-state index < -0.39 is 16.1 Å². The molecule has 2 saturated heterocycles. The lowest BCUT2D eigenvalue weighted by Gasteiger charge is -2.18. The van der Waals surface area contributed by atoms with Gasteiger partial charge in [0.25, 0.3) is 0 Å². The molecule has 10 heteroatoms. The molecule has 2 aliphatic heterocycles. The van der Waals surface area contributed by atoms with E-state index >= 15 is 0 Å². The SMILES string of the molecule is COc1ccccc1-c1ccnc(N[C@H]2CO[C@H]3[C@@H]2OC[C@@H]3NS(=O)(=O)Cc2ccccc2)n1. The van der Waals surface area contributed by atoms with Gasteiger partial charge in [0.2, 0.25) is 16.0 Å². The van der Waals surface area contributed by atoms with Crippen LogP contribution in [0.15, 0.2) is 66.9 Å². The van der Waals surface area contributed by atoms with Crippen molar-refractivity contribution in [1.82, 2.24) is 14.7 Å². The molecule has 3 aromatic rings. The minimum atomic E-state index is -3.54. The van der Waals surface area contributed by atoms with Crippen LogP contribution in [0.4, 0.5) is 5.95 Å². The van der Waals surface area contributed by atoms with Crippen LogP contribution in [0.2, 0.25) is 0 Å². The van der Waals surface area contributed by atoms with Gasteiger partial charge in [0.15, 0.2) is 0 Å². The molecule has 0 radical (unpaired) electrons. The second-order valence-corrected chi connectivity index (χ2v) is 10.0. The van der Waals surface area contributed by atoms with Gasteiger partial charge >= 0.3 is 0 Å². The largest absolute Gasteiger partial charge is 0.496 e. The molecular formula is C24H26N4O5S. The van der Waals surface area contributed by atoms with Crippen molar-refractivity contribution in [3.05, 3.63) is 72.4 Å². The first-order valence-corrected chi connectivity index (χ1v) is 12.7. The smallest absolute Gasteiger partial charge is 0.223 e. The van der Waals surface area contributed by atoms with E-state index in [1.54, 1.807) is 25.4 Å². The van der Waals surface area contributed by atoms with Gasteiger partial charge in [0.1, 0.15) is 18.0 Å². The van der Waals surface area contributed by atoms with E-state index in [0.717, 1.165) is 22.6 Å². The first-order valence-electron chi connectivity index (χ1n) is 11.0. The summed E-state index contributed by atoms with van der Waals surface area (Å²) in [5, 5.41) is 3.29. The van der Waals surface area contributed by atoms with Crippen LogP contribution in [-0.2, 0) is 25.2 Å². The van der Waals surface area contributed by atoms with Crippen LogP contribution in [0.3, 0.4) is 0 Å². The molecule has 0 bridgehead atoms. The normalized spacial score (nSPS) is 24.0. The lowest BCUT2D eigenvalue weighted by atomic mass is 10.1. The number of nitrogens with one attached hydrogen (secondary N) is 2. The number of sulfonamides is 1. The highest BCUT2D eigenvalue weighted by molar-refractivity contribution is 7.88. The first kappa shape index (κ1) is 22.7. The number of fused-ring (bicyclic) bond motifs is 1. The number of methoxy groups -OCH3 is 1. The molecule has 0 amide bonds. The highest BCUT2D eigenvalue weighted by Crippen LogP contribution is 2.31. The van der Waals surface area contributed by atoms with Crippen molar-refractivity contribution in [3.63, 3.8) is 0 Å². The maximum atomic E-state index is 12.7. The maximum absolute atomic E-state index is 12.7. The maximum Gasteiger partial charge on any atom is 0.223 e. The topological polar surface area (TPSA) is 112 Å². The second kappa shape index (κ2) is 9.67. The molecule has 2 aliphatic rings. The van der Waals surface area contributed by atoms with Gasteiger partial charge in [0.05, 0.1) is 43.9 Å². The molecule has 1 aromatic heterocycles. The molecule has 178 valence electrons. The zero-order valence-corrected chi connectivity index (χ0v) is 19.4. The second-order valence-electron chi connectivity index (χ2n) is 8.28. The van der Waals surface area contributed by atoms with Crippen LogP contribution in [-0.4, -0.2) is 63.0 Å². The summed E-state index contributed by atoms with van der Waals surface area (Å²) in [7, 11) is -1.92. The zero-order valence-electron chi connectivity index (χ0n) is 18.6. The van der Waals surface area contributed by atoms with Gasteiger partial charge in [-0.1, -0.05) is 42.5 Å². The predicted octanol–water partition coefficient (Wildman–Crippen LogP) is 2.22. The van der Waals surface area contributed by atoms with Crippen molar-refractivity contribution in [2.24, 2.45) is 0 Å². The predicted molar refractivity (Wildman–Crippen MR) is 127 cm³/mol. The van der Waals surface area contributed by atoms with Gasteiger partial charge in [-0.3, -0.25) is 0 Å². The molecule has 0 aliphatic carbocycles. The molecule has 4 atom stereocenters. The fourth-order valence-corrected chi connectivity index (χ4v) is 5.77. The summed E-state index contributed by atoms with van der Waals surface area (Å²) in [5.74, 6) is 1.07. The average molecular weight is 483 g/mol. The molecule has 0 spiro atoms. The van der Waals surface area contributed by atoms with Gasteiger partial charge in [-0.15, -0.1) is 0 Å². The molecule has 3 heterocycles. The number of hydrogen-bond acceptors (Lipinski definition) is 8. The third-order valence-electron chi connectivity index (χ3n) is 5.94. The van der Waals surface area contributed by atoms with Crippen molar-refractivity contribution in [3.8, 4) is 17.0 Å². The Hall–Kier alpha value is -3.05. The Morgan fingerprint density at radius 2 is 1.68 bits per heavy atom. The summed E-state index contributed by atoms with van der Waals surface area (Å²) in [6, 6.07) is 17.9. The van der Waals surface area contributed by atoms with E-state index in [1.807, 2.05) is 48.5 Å². The molecule has 2 fully saturated rings. The van der Waals surface area contributed by atoms with Crippen LogP contribution in [0.5, 0.6) is 5.75 Å². The van der Waals surface area contributed by atoms with Gasteiger partial charge < -0.3 is 19.5 Å². The van der Waals surface area contributed by atoms with E-state index in [-0.39, 0.29) is 30.6 Å². The van der Waals surface area contributed by atoms with Crippen LogP contribution >= 0.6 is 0 Å². The Morgan fingerprint density at radius 1 is 0.971 bits per heavy atom. The monoisotopic (exact) mass is 482 g/mol. The van der Waals surface area contributed by atoms with Crippen LogP contribution in [0.1, 0.15) is 5.56 Å². The fraction of sp³-hybridized carbons (Fsp3) is 0.333. The summed E-state index contributed by atoms with van der Waals surface area (Å²) >= 11 is 0. The third kappa shape index (κ3) is 4.90. The van der Waals surface area contributed by atoms with E-state index in [0.29, 0.717) is 12.6 Å². The molecule has 0 unspecified atom stereocenters. The average Bonchev–Trinajstić information content (AvgIpc) is 3.42. The summed E-state index contributed by atoms with van der Waals surface area (Å²) in [5.41, 5.74) is 2.31. The lowest BCUT2D eigenvalue weighted by Crippen LogP contribution is -2.45. The minimum Gasteiger partial charge on any atom is -0.496 e. The summed E-state index contributed by atoms with van der Waals surface area (Å²) < 4.78 is 45.4. The fourth-order valence-electron chi connectivity index (χ4n) is 4.39. The summed E-state index contributed by atoms with van der Waals surface area (Å²) in [6.45, 7) is 0.595. The Labute approximate surface area is 198 Å². The van der Waals surface area contributed by atoms with Crippen LogP contribution in [0.25, 0.3) is 11.3 Å². The van der Waals surface area contributed by atoms with E-state index in [2.05, 4.69) is 20.0 Å². The van der Waals surface area contributed by atoms with Crippen LogP contribution < -0.4 is 14.8 Å². The third-order valence-corrected chi connectivity index (χ3v) is 7.31. The minimum absolute atomic E-state index is 0.0903. The number of ether oxygens (including phenoxy) is 3. The van der Waals surface area contributed by atoms with Gasteiger partial charge in [-0.2, -0.15) is 0 Å². The van der Waals surface area contributed by atoms with Gasteiger partial charge in [-0.25, -0.2) is 23.1 Å². The molecule has 5 rings (SSSR count). The van der Waals surface area contributed by atoms with Crippen molar-refractivity contribution >= 4 is 16.0 Å². The first-order chi connectivity index (χ1) is 16.5. The molecule has 34 heavy (non-hydrogen) atoms. The van der Waals surface area contributed by atoms with Gasteiger partial charge in [0, 0.05) is 11.8 Å². The molecular weight excluding hydrogens is 456 g/mol. The Balaban J connectivity index is 1.24. The molecule has 0 saturated carbocycles. The number of aromatic nitrogens is 2. The number of nitrogens with zero attached hydrogens (tertiary/aromatic N) is 2. The zero-order chi connectivity index (χ0) is 23.5. The van der Waals surface area contributed by atoms with E-state index in [9.17, 15) is 8.42 Å². The molecule has 9 nitrogen and oxygen atoms in total. The summed E-state index contributed by atoms with van der Waals surface area (Å²) in [4.78, 5) is 8.97. The number of hydrogen-bond donors (Lipinski definition) is 2. The Morgan fingerprint density at radius 3 is 2.47 bits per heavy atom. The van der Waals surface area contributed by atoms with Crippen molar-refractivity contribution < 1.29 is 22.6 Å². The number of anilines is 1. The van der Waals surface area contributed by atoms with Gasteiger partial charge in [-0.05, 0) is 23.8 Å². The summed E-state index contributed by atoms with van der Waals surface area (Å²) in [6.07, 6.45) is 0.976. The Kier molecular flexibility index (Phi) is 6.46. The standard InChI is InChI=1S/C24H26N4O5S/c1-31-21-10-6-5-9-17(21)18-11-12-25-24(26-18)27-19-13-32-23-20(14-33-22(19)23)28-34(29,30)15-16-7-3-2-4-8-16/h2-12,19-20,22-23,28H,13-15H2,1H3,(H,25,26,27)/t19-,20-,22+,23+/m0/s1. The van der Waals surface area contributed by atoms with E-state index in [4.69, 9.17) is 14.2 Å². The van der Waals surface area contributed by atoms with E-state index in [1.165, 1.54) is 0 Å². The Bertz CT molecular complexity index is 1240. The van der Waals surface area contributed by atoms with Crippen LogP contribution in [0, 0.1) is 0 Å². The van der Waals surface area contributed by atoms with Crippen molar-refractivity contribution in [1.29, 1.82) is 0 Å². The number of rotatable bonds is 8. The highest BCUT2D eigenvalue weighted by Gasteiger charge is 2.49. The number of para-hydroxylation sites is 1. The quantitative estimate of drug-likeness (QED) is 0.503. The molecule has 2 N–H and O–H groups in total. The van der Waals surface area contributed by atoms with Crippen molar-refractivity contribution in [2.75, 3.05) is 25.6 Å². The molecule has 2 aromatic carbocycles. The highest BCUT2D eigenvalue weighted by atomic mass is 32.2. The number of benzene rings is 2.